The highest BCUT2D eigenvalue weighted by molar-refractivity contribution is 5.95. The van der Waals surface area contributed by atoms with Crippen LogP contribution in [0.4, 0.5) is 0 Å². The van der Waals surface area contributed by atoms with E-state index in [0.717, 1.165) is 19.3 Å². The van der Waals surface area contributed by atoms with E-state index in [9.17, 15) is 14.4 Å². The molecule has 3 atom stereocenters. The van der Waals surface area contributed by atoms with E-state index in [1.807, 2.05) is 0 Å². The molecule has 2 rings (SSSR count). The van der Waals surface area contributed by atoms with Gasteiger partial charge in [0.2, 0.25) is 0 Å². The number of hydrogen-bond donors (Lipinski definition) is 2. The van der Waals surface area contributed by atoms with Gasteiger partial charge in [-0.3, -0.25) is 9.59 Å². The van der Waals surface area contributed by atoms with Gasteiger partial charge in [0.1, 0.15) is 5.75 Å². The molecule has 0 bridgehead atoms. The standard InChI is InChI=1S/C19H26N2O5/c1-12-7-3-5-9-15(12)21-19(24)13(2)26-17(22)11-25-16-10-6-4-8-14(16)18(20)23/h4,6,8,10,12-13,15H,3,5,7,9,11H2,1-2H3,(H2,20,23)(H,21,24)/t12-,13+,15-/m0/s1. The minimum absolute atomic E-state index is 0.121. The molecule has 2 amide bonds. The maximum absolute atomic E-state index is 12.2. The van der Waals surface area contributed by atoms with Gasteiger partial charge >= 0.3 is 5.97 Å². The first kappa shape index (κ1) is 19.8. The van der Waals surface area contributed by atoms with Crippen molar-refractivity contribution in [1.29, 1.82) is 0 Å². The summed E-state index contributed by atoms with van der Waals surface area (Å²) < 4.78 is 10.4. The number of para-hydroxylation sites is 1. The van der Waals surface area contributed by atoms with Crippen LogP contribution in [0.1, 0.15) is 49.9 Å². The van der Waals surface area contributed by atoms with Gasteiger partial charge in [-0.15, -0.1) is 0 Å². The van der Waals surface area contributed by atoms with E-state index in [-0.39, 0.29) is 23.3 Å². The van der Waals surface area contributed by atoms with E-state index >= 15 is 0 Å². The van der Waals surface area contributed by atoms with Crippen LogP contribution >= 0.6 is 0 Å². The van der Waals surface area contributed by atoms with Crippen LogP contribution in [-0.4, -0.2) is 36.5 Å². The van der Waals surface area contributed by atoms with Crippen molar-refractivity contribution in [2.45, 2.75) is 51.7 Å². The maximum atomic E-state index is 12.2. The summed E-state index contributed by atoms with van der Waals surface area (Å²) in [7, 11) is 0. The zero-order valence-corrected chi connectivity index (χ0v) is 15.2. The first-order chi connectivity index (χ1) is 12.4. The Hall–Kier alpha value is -2.57. The number of rotatable bonds is 7. The van der Waals surface area contributed by atoms with Crippen molar-refractivity contribution in [3.8, 4) is 5.75 Å². The fraction of sp³-hybridized carbons (Fsp3) is 0.526. The molecule has 1 aromatic carbocycles. The predicted molar refractivity (Wildman–Crippen MR) is 95.6 cm³/mol. The molecule has 7 nitrogen and oxygen atoms in total. The lowest BCUT2D eigenvalue weighted by atomic mass is 9.86. The topological polar surface area (TPSA) is 108 Å². The van der Waals surface area contributed by atoms with E-state index in [1.165, 1.54) is 25.5 Å². The number of carbonyl (C=O) groups is 3. The van der Waals surface area contributed by atoms with Crippen LogP contribution < -0.4 is 15.8 Å². The van der Waals surface area contributed by atoms with Crippen LogP contribution in [0.15, 0.2) is 24.3 Å². The van der Waals surface area contributed by atoms with E-state index in [4.69, 9.17) is 15.2 Å². The first-order valence-electron chi connectivity index (χ1n) is 8.90. The molecule has 1 aliphatic rings. The summed E-state index contributed by atoms with van der Waals surface area (Å²) in [6, 6.07) is 6.47. The molecule has 3 N–H and O–H groups in total. The zero-order valence-electron chi connectivity index (χ0n) is 15.2. The number of primary amides is 1. The SMILES string of the molecule is C[C@@H](OC(=O)COc1ccccc1C(N)=O)C(=O)N[C@H]1CCCC[C@@H]1C. The number of hydrogen-bond acceptors (Lipinski definition) is 5. The van der Waals surface area contributed by atoms with Crippen LogP contribution in [0.2, 0.25) is 0 Å². The van der Waals surface area contributed by atoms with Crippen LogP contribution in [0.3, 0.4) is 0 Å². The molecule has 0 heterocycles. The Labute approximate surface area is 153 Å². The minimum atomic E-state index is -0.911. The van der Waals surface area contributed by atoms with Gasteiger partial charge in [-0.2, -0.15) is 0 Å². The van der Waals surface area contributed by atoms with E-state index < -0.39 is 24.6 Å². The lowest BCUT2D eigenvalue weighted by Gasteiger charge is -2.30. The smallest absolute Gasteiger partial charge is 0.344 e. The van der Waals surface area contributed by atoms with Crippen LogP contribution in [-0.2, 0) is 14.3 Å². The van der Waals surface area contributed by atoms with Crippen molar-refractivity contribution in [3.05, 3.63) is 29.8 Å². The predicted octanol–water partition coefficient (Wildman–Crippen LogP) is 1.79. The molecule has 1 aromatic rings. The monoisotopic (exact) mass is 362 g/mol. The van der Waals surface area contributed by atoms with Gasteiger partial charge in [-0.05, 0) is 37.8 Å². The molecular weight excluding hydrogens is 336 g/mol. The summed E-state index contributed by atoms with van der Waals surface area (Å²) >= 11 is 0. The van der Waals surface area contributed by atoms with E-state index in [1.54, 1.807) is 12.1 Å². The van der Waals surface area contributed by atoms with Gasteiger partial charge in [-0.25, -0.2) is 4.79 Å². The van der Waals surface area contributed by atoms with E-state index in [0.29, 0.717) is 5.92 Å². The van der Waals surface area contributed by atoms with Gasteiger partial charge in [-0.1, -0.05) is 31.9 Å². The number of esters is 1. The lowest BCUT2D eigenvalue weighted by molar-refractivity contribution is -0.157. The average Bonchev–Trinajstić information content (AvgIpc) is 2.62. The number of nitrogens with one attached hydrogen (secondary N) is 1. The largest absolute Gasteiger partial charge is 0.481 e. The third-order valence-electron chi connectivity index (χ3n) is 4.61. The van der Waals surface area contributed by atoms with Gasteiger partial charge in [0.15, 0.2) is 12.7 Å². The Morgan fingerprint density at radius 2 is 1.92 bits per heavy atom. The van der Waals surface area contributed by atoms with Gasteiger partial charge in [0, 0.05) is 6.04 Å². The minimum Gasteiger partial charge on any atom is -0.481 e. The van der Waals surface area contributed by atoms with Crippen LogP contribution in [0.5, 0.6) is 5.75 Å². The number of ether oxygens (including phenoxy) is 2. The van der Waals surface area contributed by atoms with Gasteiger partial charge in [0.05, 0.1) is 5.56 Å². The molecule has 1 saturated carbocycles. The first-order valence-corrected chi connectivity index (χ1v) is 8.90. The molecule has 0 radical (unpaired) electrons. The molecule has 1 fully saturated rings. The average molecular weight is 362 g/mol. The molecule has 0 spiro atoms. The zero-order chi connectivity index (χ0) is 19.1. The summed E-state index contributed by atoms with van der Waals surface area (Å²) in [6.07, 6.45) is 3.40. The Morgan fingerprint density at radius 3 is 2.62 bits per heavy atom. The summed E-state index contributed by atoms with van der Waals surface area (Å²) in [6.45, 7) is 3.23. The van der Waals surface area contributed by atoms with Crippen LogP contribution in [0.25, 0.3) is 0 Å². The highest BCUT2D eigenvalue weighted by Crippen LogP contribution is 2.23. The second-order valence-electron chi connectivity index (χ2n) is 6.66. The number of carbonyl (C=O) groups excluding carboxylic acids is 3. The molecule has 7 heteroatoms. The molecular formula is C19H26N2O5. The number of benzene rings is 1. The lowest BCUT2D eigenvalue weighted by Crippen LogP contribution is -2.46. The summed E-state index contributed by atoms with van der Waals surface area (Å²) in [5.74, 6) is -1.03. The Morgan fingerprint density at radius 1 is 1.23 bits per heavy atom. The quantitative estimate of drug-likeness (QED) is 0.719. The maximum Gasteiger partial charge on any atom is 0.344 e. The molecule has 0 unspecified atom stereocenters. The Balaban J connectivity index is 1.81. The molecule has 26 heavy (non-hydrogen) atoms. The molecule has 0 aromatic heterocycles. The Kier molecular flexibility index (Phi) is 7.00. The third-order valence-corrected chi connectivity index (χ3v) is 4.61. The second-order valence-corrected chi connectivity index (χ2v) is 6.66. The molecule has 0 saturated heterocycles. The van der Waals surface area contributed by atoms with Crippen LogP contribution in [0, 0.1) is 5.92 Å². The van der Waals surface area contributed by atoms with E-state index in [2.05, 4.69) is 12.2 Å². The van der Waals surface area contributed by atoms with Crippen molar-refractivity contribution < 1.29 is 23.9 Å². The molecule has 142 valence electrons. The molecule has 0 aliphatic heterocycles. The highest BCUT2D eigenvalue weighted by Gasteiger charge is 2.26. The second kappa shape index (κ2) is 9.22. The fourth-order valence-electron chi connectivity index (χ4n) is 3.05. The summed E-state index contributed by atoms with van der Waals surface area (Å²) in [5.41, 5.74) is 5.43. The summed E-state index contributed by atoms with van der Waals surface area (Å²) in [5, 5.41) is 2.95. The van der Waals surface area contributed by atoms with Crippen molar-refractivity contribution in [3.63, 3.8) is 0 Å². The van der Waals surface area contributed by atoms with Crippen molar-refractivity contribution in [2.75, 3.05) is 6.61 Å². The molecule has 1 aliphatic carbocycles. The van der Waals surface area contributed by atoms with Crippen molar-refractivity contribution in [2.24, 2.45) is 11.7 Å². The normalized spacial score (nSPS) is 20.7. The van der Waals surface area contributed by atoms with Crippen molar-refractivity contribution >= 4 is 17.8 Å². The number of amides is 2. The highest BCUT2D eigenvalue weighted by atomic mass is 16.6. The van der Waals surface area contributed by atoms with Gasteiger partial charge < -0.3 is 20.5 Å². The fourth-order valence-corrected chi connectivity index (χ4v) is 3.05. The number of nitrogens with two attached hydrogens (primary N) is 1. The Bertz CT molecular complexity index is 661. The van der Waals surface area contributed by atoms with Gasteiger partial charge in [0.25, 0.3) is 11.8 Å². The van der Waals surface area contributed by atoms with Crippen molar-refractivity contribution in [1.82, 2.24) is 5.32 Å². The third kappa shape index (κ3) is 5.47. The summed E-state index contributed by atoms with van der Waals surface area (Å²) in [4.78, 5) is 35.5.